The van der Waals surface area contributed by atoms with Gasteiger partial charge in [-0.15, -0.1) is 22.7 Å². The van der Waals surface area contributed by atoms with Crippen LogP contribution < -0.4 is 8.37 Å². The lowest BCUT2D eigenvalue weighted by Crippen LogP contribution is -2.27. The van der Waals surface area contributed by atoms with Gasteiger partial charge in [-0.1, -0.05) is 12.1 Å². The first-order valence-corrected chi connectivity index (χ1v) is 13.9. The highest BCUT2D eigenvalue weighted by molar-refractivity contribution is 7.88. The van der Waals surface area contributed by atoms with Gasteiger partial charge >= 0.3 is 31.3 Å². The molecular weight excluding hydrogens is 578 g/mol. The Morgan fingerprint density at radius 3 is 1.22 bits per heavy atom. The standard InChI is InChI=1S/C20H8F6O6S4/c21-19(22,23)35(27,28)31-9-1-3-11-13-5-6-14-12-4-2-10(32-36(29,30)20(24,25)26)8-16(12)34-18(14)17(13)33-15(11)7-9/h1-8H. The van der Waals surface area contributed by atoms with Crippen molar-refractivity contribution in [2.75, 3.05) is 0 Å². The fourth-order valence-corrected chi connectivity index (χ4v) is 6.98. The molecule has 0 bridgehead atoms. The number of alkyl halides is 6. The van der Waals surface area contributed by atoms with E-state index >= 15 is 0 Å². The van der Waals surface area contributed by atoms with Gasteiger partial charge in [-0.25, -0.2) is 0 Å². The van der Waals surface area contributed by atoms with Crippen LogP contribution in [-0.4, -0.2) is 27.9 Å². The molecule has 16 heteroatoms. The summed E-state index contributed by atoms with van der Waals surface area (Å²) in [6, 6.07) is 10.8. The van der Waals surface area contributed by atoms with Crippen LogP contribution in [0.15, 0.2) is 48.5 Å². The molecule has 190 valence electrons. The van der Waals surface area contributed by atoms with Crippen molar-refractivity contribution < 1.29 is 51.5 Å². The summed E-state index contributed by atoms with van der Waals surface area (Å²) in [5.41, 5.74) is -11.2. The van der Waals surface area contributed by atoms with Crippen LogP contribution >= 0.6 is 22.7 Å². The summed E-state index contributed by atoms with van der Waals surface area (Å²) in [5.74, 6) is -1.04. The van der Waals surface area contributed by atoms with Gasteiger partial charge in [-0.3, -0.25) is 0 Å². The van der Waals surface area contributed by atoms with Crippen LogP contribution in [-0.2, 0) is 20.2 Å². The maximum Gasteiger partial charge on any atom is 0.534 e. The van der Waals surface area contributed by atoms with E-state index in [2.05, 4.69) is 8.37 Å². The fourth-order valence-electron chi connectivity index (χ4n) is 3.48. The van der Waals surface area contributed by atoms with Gasteiger partial charge in [0.1, 0.15) is 11.5 Å². The zero-order chi connectivity index (χ0) is 26.3. The minimum absolute atomic E-state index is 0.435. The molecule has 0 saturated heterocycles. The van der Waals surface area contributed by atoms with Gasteiger partial charge in [0.05, 0.1) is 9.40 Å². The maximum absolute atomic E-state index is 12.6. The second-order valence-electron chi connectivity index (χ2n) is 7.31. The molecule has 0 atom stereocenters. The number of thiophene rings is 2. The summed E-state index contributed by atoms with van der Waals surface area (Å²) in [5, 5.41) is 2.64. The van der Waals surface area contributed by atoms with Crippen LogP contribution in [0, 0.1) is 0 Å². The predicted molar refractivity (Wildman–Crippen MR) is 123 cm³/mol. The SMILES string of the molecule is O=S(=O)(Oc1ccc2c(c1)sc1c2ccc2c3ccc(OS(=O)(=O)C(F)(F)F)cc3sc21)C(F)(F)F. The molecule has 0 radical (unpaired) electrons. The van der Waals surface area contributed by atoms with E-state index in [0.29, 0.717) is 40.3 Å². The second kappa shape index (κ2) is 7.84. The van der Waals surface area contributed by atoms with Crippen LogP contribution in [0.5, 0.6) is 11.5 Å². The Morgan fingerprint density at radius 1 is 0.556 bits per heavy atom. The monoisotopic (exact) mass is 586 g/mol. The highest BCUT2D eigenvalue weighted by Crippen LogP contribution is 2.46. The van der Waals surface area contributed by atoms with Gasteiger partial charge in [-0.05, 0) is 36.4 Å². The van der Waals surface area contributed by atoms with Crippen molar-refractivity contribution in [2.24, 2.45) is 0 Å². The Balaban J connectivity index is 1.62. The third-order valence-electron chi connectivity index (χ3n) is 5.00. The molecular formula is C20H8F6O6S4. The molecule has 0 unspecified atom stereocenters. The highest BCUT2D eigenvalue weighted by Gasteiger charge is 2.49. The molecule has 6 nitrogen and oxygen atoms in total. The van der Waals surface area contributed by atoms with Gasteiger partial charge in [0.2, 0.25) is 0 Å². The lowest BCUT2D eigenvalue weighted by molar-refractivity contribution is -0.0504. The summed E-state index contributed by atoms with van der Waals surface area (Å²) >= 11 is 2.30. The second-order valence-corrected chi connectivity index (χ2v) is 12.5. The summed E-state index contributed by atoms with van der Waals surface area (Å²) in [6.07, 6.45) is 0. The molecule has 3 aromatic carbocycles. The van der Waals surface area contributed by atoms with Gasteiger partial charge in [0.25, 0.3) is 0 Å². The maximum atomic E-state index is 12.6. The van der Waals surface area contributed by atoms with E-state index in [4.69, 9.17) is 0 Å². The first-order chi connectivity index (χ1) is 16.6. The molecule has 0 saturated carbocycles. The number of fused-ring (bicyclic) bond motifs is 7. The van der Waals surface area contributed by atoms with E-state index in [9.17, 15) is 43.2 Å². The van der Waals surface area contributed by atoms with Crippen LogP contribution in [0.3, 0.4) is 0 Å². The summed E-state index contributed by atoms with van der Waals surface area (Å²) < 4.78 is 132. The summed E-state index contributed by atoms with van der Waals surface area (Å²) in [7, 11) is -11.7. The minimum atomic E-state index is -5.85. The van der Waals surface area contributed by atoms with Crippen LogP contribution in [0.1, 0.15) is 0 Å². The van der Waals surface area contributed by atoms with Crippen molar-refractivity contribution in [3.8, 4) is 11.5 Å². The molecule has 0 aliphatic heterocycles. The molecule has 0 amide bonds. The third-order valence-corrected chi connectivity index (χ3v) is 9.46. The molecule has 5 rings (SSSR count). The number of rotatable bonds is 4. The summed E-state index contributed by atoms with van der Waals surface area (Å²) in [4.78, 5) is 0. The van der Waals surface area contributed by atoms with Crippen molar-refractivity contribution in [2.45, 2.75) is 11.0 Å². The first kappa shape index (κ1) is 24.9. The van der Waals surface area contributed by atoms with Gasteiger partial charge < -0.3 is 8.37 Å². The van der Waals surface area contributed by atoms with Gasteiger partial charge in [-0.2, -0.15) is 43.2 Å². The molecule has 0 aliphatic carbocycles. The van der Waals surface area contributed by atoms with Crippen molar-refractivity contribution in [3.63, 3.8) is 0 Å². The Morgan fingerprint density at radius 2 is 0.889 bits per heavy atom. The van der Waals surface area contributed by atoms with Crippen molar-refractivity contribution in [1.29, 1.82) is 0 Å². The number of hydrogen-bond acceptors (Lipinski definition) is 8. The first-order valence-electron chi connectivity index (χ1n) is 9.40. The predicted octanol–water partition coefficient (Wildman–Crippen LogP) is 6.88. The molecule has 2 aromatic heterocycles. The fraction of sp³-hybridized carbons (Fsp3) is 0.100. The van der Waals surface area contributed by atoms with E-state index in [1.165, 1.54) is 12.1 Å². The topological polar surface area (TPSA) is 86.7 Å². The zero-order valence-electron chi connectivity index (χ0n) is 17.0. The van der Waals surface area contributed by atoms with Crippen molar-refractivity contribution >= 4 is 83.3 Å². The van der Waals surface area contributed by atoms with Crippen LogP contribution in [0.4, 0.5) is 26.3 Å². The van der Waals surface area contributed by atoms with Crippen LogP contribution in [0.25, 0.3) is 40.3 Å². The molecule has 36 heavy (non-hydrogen) atoms. The quantitative estimate of drug-likeness (QED) is 0.130. The Hall–Kier alpha value is -2.82. The Kier molecular flexibility index (Phi) is 5.41. The normalized spacial score (nSPS) is 13.7. The van der Waals surface area contributed by atoms with E-state index in [0.717, 1.165) is 46.9 Å². The molecule has 5 aromatic rings. The molecule has 0 fully saturated rings. The molecule has 2 heterocycles. The van der Waals surface area contributed by atoms with Gasteiger partial charge in [0.15, 0.2) is 0 Å². The summed E-state index contributed by atoms with van der Waals surface area (Å²) in [6.45, 7) is 0. The van der Waals surface area contributed by atoms with Crippen molar-refractivity contribution in [1.82, 2.24) is 0 Å². The van der Waals surface area contributed by atoms with Gasteiger partial charge in [0, 0.05) is 30.9 Å². The van der Waals surface area contributed by atoms with Crippen molar-refractivity contribution in [3.05, 3.63) is 48.5 Å². The van der Waals surface area contributed by atoms with E-state index in [1.54, 1.807) is 12.1 Å². The third kappa shape index (κ3) is 4.01. The van der Waals surface area contributed by atoms with E-state index < -0.39 is 42.8 Å². The Bertz CT molecular complexity index is 1760. The average molecular weight is 587 g/mol. The molecule has 0 aliphatic rings. The molecule has 0 N–H and O–H groups in total. The lowest BCUT2D eigenvalue weighted by atomic mass is 10.1. The number of benzene rings is 3. The van der Waals surface area contributed by atoms with Crippen LogP contribution in [0.2, 0.25) is 0 Å². The zero-order valence-corrected chi connectivity index (χ0v) is 20.2. The average Bonchev–Trinajstić information content (AvgIpc) is 3.28. The number of halogens is 6. The molecule has 0 spiro atoms. The van der Waals surface area contributed by atoms with E-state index in [-0.39, 0.29) is 0 Å². The highest BCUT2D eigenvalue weighted by atomic mass is 32.2. The smallest absolute Gasteiger partial charge is 0.376 e. The Labute approximate surface area is 205 Å². The lowest BCUT2D eigenvalue weighted by Gasteiger charge is -2.09. The minimum Gasteiger partial charge on any atom is -0.376 e. The number of hydrogen-bond donors (Lipinski definition) is 0. The van der Waals surface area contributed by atoms with E-state index in [1.807, 2.05) is 0 Å². The largest absolute Gasteiger partial charge is 0.534 e.